The summed E-state index contributed by atoms with van der Waals surface area (Å²) in [6, 6.07) is 0. The van der Waals surface area contributed by atoms with E-state index in [2.05, 4.69) is 5.32 Å². The van der Waals surface area contributed by atoms with E-state index in [1.165, 1.54) is 0 Å². The number of fused-ring (bicyclic) bond motifs is 1. The van der Waals surface area contributed by atoms with Crippen LogP contribution in [0.3, 0.4) is 0 Å². The molecule has 0 spiro atoms. The molecule has 2 rings (SSSR count). The first-order valence-corrected chi connectivity index (χ1v) is 7.30. The Hall–Kier alpha value is -1.59. The van der Waals surface area contributed by atoms with E-state index in [0.717, 1.165) is 6.29 Å². The van der Waals surface area contributed by atoms with Crippen LogP contribution in [0, 0.1) is 17.8 Å². The van der Waals surface area contributed by atoms with E-state index in [1.54, 1.807) is 18.7 Å². The number of piperidine rings is 1. The van der Waals surface area contributed by atoms with Crippen LogP contribution in [-0.2, 0) is 14.3 Å². The SMILES string of the molecule is CC(C)(C=O)NC(=O)C1[C@H]2CN(C(=O)OC(C)(C)C)C[C@@H]12. The number of nitrogens with zero attached hydrogens (tertiary/aromatic N) is 1. The molecule has 1 unspecified atom stereocenters. The highest BCUT2D eigenvalue weighted by atomic mass is 16.6. The van der Waals surface area contributed by atoms with Gasteiger partial charge in [0.25, 0.3) is 0 Å². The van der Waals surface area contributed by atoms with E-state index in [4.69, 9.17) is 4.74 Å². The maximum Gasteiger partial charge on any atom is 0.410 e. The van der Waals surface area contributed by atoms with Crippen LogP contribution >= 0.6 is 0 Å². The maximum absolute atomic E-state index is 12.1. The van der Waals surface area contributed by atoms with Crippen molar-refractivity contribution in [2.24, 2.45) is 17.8 Å². The molecule has 2 aliphatic rings. The second-order valence-electron chi connectivity index (χ2n) is 7.57. The molecule has 1 aliphatic carbocycles. The fourth-order valence-corrected chi connectivity index (χ4v) is 2.82. The van der Waals surface area contributed by atoms with Gasteiger partial charge in [-0.25, -0.2) is 4.79 Å². The standard InChI is InChI=1S/C15H24N2O4/c1-14(2,3)21-13(20)17-6-9-10(7-17)11(9)12(19)16-15(4,5)8-18/h8-11H,6-7H2,1-5H3,(H,16,19)/t9-,10+,11?. The van der Waals surface area contributed by atoms with Gasteiger partial charge in [-0.3, -0.25) is 4.79 Å². The fourth-order valence-electron chi connectivity index (χ4n) is 2.82. The van der Waals surface area contributed by atoms with E-state index in [1.807, 2.05) is 20.8 Å². The summed E-state index contributed by atoms with van der Waals surface area (Å²) in [4.78, 5) is 36.5. The summed E-state index contributed by atoms with van der Waals surface area (Å²) < 4.78 is 5.32. The molecule has 3 atom stereocenters. The Morgan fingerprint density at radius 3 is 2.10 bits per heavy atom. The van der Waals surface area contributed by atoms with Crippen LogP contribution in [0.4, 0.5) is 4.79 Å². The van der Waals surface area contributed by atoms with E-state index in [-0.39, 0.29) is 29.8 Å². The van der Waals surface area contributed by atoms with E-state index in [9.17, 15) is 14.4 Å². The lowest BCUT2D eigenvalue weighted by atomic mass is 10.1. The average Bonchev–Trinajstić information content (AvgIpc) is 2.82. The number of ether oxygens (including phenoxy) is 1. The molecule has 0 aromatic carbocycles. The molecule has 118 valence electrons. The summed E-state index contributed by atoms with van der Waals surface area (Å²) >= 11 is 0. The summed E-state index contributed by atoms with van der Waals surface area (Å²) in [5.74, 6) is 0.216. The second kappa shape index (κ2) is 5.00. The molecule has 1 saturated heterocycles. The van der Waals surface area contributed by atoms with Gasteiger partial charge in [0.1, 0.15) is 11.9 Å². The Kier molecular flexibility index (Phi) is 3.76. The summed E-state index contributed by atoms with van der Waals surface area (Å²) in [7, 11) is 0. The first kappa shape index (κ1) is 15.8. The Morgan fingerprint density at radius 2 is 1.67 bits per heavy atom. The van der Waals surface area contributed by atoms with Gasteiger partial charge < -0.3 is 19.7 Å². The van der Waals surface area contributed by atoms with Gasteiger partial charge in [0, 0.05) is 19.0 Å². The van der Waals surface area contributed by atoms with Gasteiger partial charge in [-0.1, -0.05) is 0 Å². The first-order valence-electron chi connectivity index (χ1n) is 7.30. The van der Waals surface area contributed by atoms with E-state index < -0.39 is 11.1 Å². The topological polar surface area (TPSA) is 75.7 Å². The monoisotopic (exact) mass is 296 g/mol. The van der Waals surface area contributed by atoms with Gasteiger partial charge >= 0.3 is 6.09 Å². The van der Waals surface area contributed by atoms with Gasteiger partial charge in [-0.2, -0.15) is 0 Å². The highest BCUT2D eigenvalue weighted by Crippen LogP contribution is 2.52. The average molecular weight is 296 g/mol. The third kappa shape index (κ3) is 3.54. The minimum Gasteiger partial charge on any atom is -0.444 e. The number of hydrogen-bond acceptors (Lipinski definition) is 4. The Morgan fingerprint density at radius 1 is 1.14 bits per heavy atom. The zero-order chi connectivity index (χ0) is 16.0. The normalized spacial score (nSPS) is 27.9. The Bertz CT molecular complexity index is 455. The van der Waals surface area contributed by atoms with Crippen molar-refractivity contribution in [2.45, 2.75) is 45.8 Å². The molecule has 1 heterocycles. The number of carbonyl (C=O) groups excluding carboxylic acids is 3. The molecule has 21 heavy (non-hydrogen) atoms. The molecule has 2 fully saturated rings. The van der Waals surface area contributed by atoms with Crippen LogP contribution in [0.15, 0.2) is 0 Å². The molecule has 1 aliphatic heterocycles. The lowest BCUT2D eigenvalue weighted by molar-refractivity contribution is -0.127. The maximum atomic E-state index is 12.1. The molecule has 6 nitrogen and oxygen atoms in total. The first-order chi connectivity index (χ1) is 9.54. The van der Waals surface area contributed by atoms with Gasteiger partial charge in [0.2, 0.25) is 5.91 Å². The smallest absolute Gasteiger partial charge is 0.410 e. The number of carbonyl (C=O) groups is 3. The van der Waals surface area contributed by atoms with Crippen molar-refractivity contribution < 1.29 is 19.1 Å². The third-order valence-corrected chi connectivity index (χ3v) is 3.89. The molecule has 1 N–H and O–H groups in total. The molecule has 0 radical (unpaired) electrons. The number of amides is 2. The molecule has 1 saturated carbocycles. The zero-order valence-electron chi connectivity index (χ0n) is 13.3. The molecule has 0 aromatic heterocycles. The summed E-state index contributed by atoms with van der Waals surface area (Å²) in [5.41, 5.74) is -1.34. The number of rotatable bonds is 3. The van der Waals surface area contributed by atoms with Crippen molar-refractivity contribution in [3.63, 3.8) is 0 Å². The highest BCUT2D eigenvalue weighted by molar-refractivity contribution is 5.86. The van der Waals surface area contributed by atoms with Crippen molar-refractivity contribution >= 4 is 18.3 Å². The highest BCUT2D eigenvalue weighted by Gasteiger charge is 2.60. The number of hydrogen-bond donors (Lipinski definition) is 1. The van der Waals surface area contributed by atoms with Crippen molar-refractivity contribution in [3.8, 4) is 0 Å². The number of nitrogens with one attached hydrogen (secondary N) is 1. The quantitative estimate of drug-likeness (QED) is 0.794. The summed E-state index contributed by atoms with van der Waals surface area (Å²) in [6.07, 6.45) is 0.415. The van der Waals surface area contributed by atoms with Crippen LogP contribution in [-0.4, -0.2) is 47.4 Å². The van der Waals surface area contributed by atoms with Crippen LogP contribution < -0.4 is 5.32 Å². The van der Waals surface area contributed by atoms with Crippen LogP contribution in [0.2, 0.25) is 0 Å². The van der Waals surface area contributed by atoms with Gasteiger partial charge in [-0.15, -0.1) is 0 Å². The van der Waals surface area contributed by atoms with Gasteiger partial charge in [-0.05, 0) is 46.5 Å². The molecular weight excluding hydrogens is 272 g/mol. The molecule has 0 bridgehead atoms. The largest absolute Gasteiger partial charge is 0.444 e. The molecule has 2 amide bonds. The second-order valence-corrected chi connectivity index (χ2v) is 7.57. The minimum absolute atomic E-state index is 0.0806. The van der Waals surface area contributed by atoms with Crippen molar-refractivity contribution in [1.29, 1.82) is 0 Å². The van der Waals surface area contributed by atoms with Crippen LogP contribution in [0.5, 0.6) is 0 Å². The molecule has 0 aromatic rings. The number of aldehydes is 1. The third-order valence-electron chi connectivity index (χ3n) is 3.89. The lowest BCUT2D eigenvalue weighted by Gasteiger charge is -2.26. The minimum atomic E-state index is -0.835. The summed E-state index contributed by atoms with van der Waals surface area (Å²) in [6.45, 7) is 9.95. The van der Waals surface area contributed by atoms with Crippen molar-refractivity contribution in [1.82, 2.24) is 10.2 Å². The molecular formula is C15H24N2O4. The fraction of sp³-hybridized carbons (Fsp3) is 0.800. The Balaban J connectivity index is 1.83. The summed E-state index contributed by atoms with van der Waals surface area (Å²) in [5, 5.41) is 2.74. The van der Waals surface area contributed by atoms with Gasteiger partial charge in [0.15, 0.2) is 0 Å². The predicted octanol–water partition coefficient (Wildman–Crippen LogP) is 1.19. The zero-order valence-corrected chi connectivity index (χ0v) is 13.3. The van der Waals surface area contributed by atoms with Crippen molar-refractivity contribution in [2.75, 3.05) is 13.1 Å². The van der Waals surface area contributed by atoms with E-state index >= 15 is 0 Å². The van der Waals surface area contributed by atoms with Crippen LogP contribution in [0.1, 0.15) is 34.6 Å². The predicted molar refractivity (Wildman–Crippen MR) is 76.6 cm³/mol. The number of likely N-dealkylation sites (tertiary alicyclic amines) is 1. The van der Waals surface area contributed by atoms with Crippen molar-refractivity contribution in [3.05, 3.63) is 0 Å². The lowest BCUT2D eigenvalue weighted by Crippen LogP contribution is -2.47. The van der Waals surface area contributed by atoms with Gasteiger partial charge in [0.05, 0.1) is 5.54 Å². The molecule has 6 heteroatoms. The van der Waals surface area contributed by atoms with E-state index in [0.29, 0.717) is 13.1 Å². The van der Waals surface area contributed by atoms with Crippen LogP contribution in [0.25, 0.3) is 0 Å². The Labute approximate surface area is 125 Å².